The van der Waals surface area contributed by atoms with Crippen LogP contribution in [0.5, 0.6) is 0 Å². The molecule has 0 unspecified atom stereocenters. The van der Waals surface area contributed by atoms with E-state index in [9.17, 15) is 18.0 Å². The molecule has 0 aliphatic carbocycles. The molecular weight excluding hydrogens is 464 g/mol. The van der Waals surface area contributed by atoms with Crippen molar-refractivity contribution in [1.82, 2.24) is 14.5 Å². The maximum atomic E-state index is 13.7. The Bertz CT molecular complexity index is 1100. The number of rotatable bonds is 12. The molecule has 0 aromatic heterocycles. The van der Waals surface area contributed by atoms with Crippen LogP contribution in [0.1, 0.15) is 37.0 Å². The van der Waals surface area contributed by atoms with Crippen LogP contribution < -0.4 is 9.62 Å². The van der Waals surface area contributed by atoms with Crippen molar-refractivity contribution >= 4 is 27.7 Å². The third-order valence-corrected chi connectivity index (χ3v) is 7.66. The number of aryl methyl sites for hydroxylation is 2. The van der Waals surface area contributed by atoms with E-state index < -0.39 is 28.7 Å². The van der Waals surface area contributed by atoms with Crippen molar-refractivity contribution in [2.45, 2.75) is 46.6 Å². The molecule has 1 N–H and O–H groups in total. The van der Waals surface area contributed by atoms with Crippen LogP contribution in [0, 0.1) is 13.8 Å². The summed E-state index contributed by atoms with van der Waals surface area (Å²) in [7, 11) is -1.10. The van der Waals surface area contributed by atoms with Gasteiger partial charge >= 0.3 is 10.2 Å². The molecule has 0 spiro atoms. The molecule has 2 rings (SSSR count). The van der Waals surface area contributed by atoms with E-state index in [4.69, 9.17) is 0 Å². The SMILES string of the molecule is CCCNC(=O)[C@H](C)N(CCc1ccccc1)C(=O)CN(c1cc(C)ccc1C)S(=O)(=O)N(C)C. The van der Waals surface area contributed by atoms with E-state index in [2.05, 4.69) is 5.32 Å². The van der Waals surface area contributed by atoms with Crippen molar-refractivity contribution in [3.05, 3.63) is 65.2 Å². The summed E-state index contributed by atoms with van der Waals surface area (Å²) >= 11 is 0. The molecule has 0 aliphatic heterocycles. The van der Waals surface area contributed by atoms with E-state index in [-0.39, 0.29) is 12.5 Å². The number of nitrogens with zero attached hydrogens (tertiary/aromatic N) is 3. The van der Waals surface area contributed by atoms with Gasteiger partial charge in [0.2, 0.25) is 11.8 Å². The third-order valence-electron chi connectivity index (χ3n) is 5.85. The molecule has 0 aliphatic rings. The lowest BCUT2D eigenvalue weighted by Gasteiger charge is -2.33. The highest BCUT2D eigenvalue weighted by Gasteiger charge is 2.33. The van der Waals surface area contributed by atoms with Crippen molar-refractivity contribution in [2.24, 2.45) is 0 Å². The number of benzene rings is 2. The Morgan fingerprint density at radius 2 is 1.69 bits per heavy atom. The summed E-state index contributed by atoms with van der Waals surface area (Å²) in [5, 5.41) is 2.84. The molecule has 2 aromatic rings. The molecule has 0 saturated heterocycles. The second kappa shape index (κ2) is 12.7. The zero-order chi connectivity index (χ0) is 26.2. The molecule has 0 saturated carbocycles. The summed E-state index contributed by atoms with van der Waals surface area (Å²) in [6.07, 6.45) is 1.32. The Balaban J connectivity index is 2.41. The number of amides is 2. The molecule has 0 radical (unpaired) electrons. The summed E-state index contributed by atoms with van der Waals surface area (Å²) in [5.41, 5.74) is 3.08. The van der Waals surface area contributed by atoms with Gasteiger partial charge in [0, 0.05) is 27.2 Å². The molecule has 0 heterocycles. The first kappa shape index (κ1) is 28.3. The minimum Gasteiger partial charge on any atom is -0.354 e. The maximum absolute atomic E-state index is 13.7. The summed E-state index contributed by atoms with van der Waals surface area (Å²) in [6, 6.07) is 14.4. The Hall–Kier alpha value is -2.91. The van der Waals surface area contributed by atoms with Gasteiger partial charge < -0.3 is 10.2 Å². The first-order valence-corrected chi connectivity index (χ1v) is 13.3. The highest BCUT2D eigenvalue weighted by molar-refractivity contribution is 7.90. The number of hydrogen-bond acceptors (Lipinski definition) is 4. The Labute approximate surface area is 210 Å². The summed E-state index contributed by atoms with van der Waals surface area (Å²) < 4.78 is 28.8. The predicted molar refractivity (Wildman–Crippen MR) is 140 cm³/mol. The minimum absolute atomic E-state index is 0.262. The van der Waals surface area contributed by atoms with Crippen molar-refractivity contribution < 1.29 is 18.0 Å². The Kier molecular flexibility index (Phi) is 10.3. The fourth-order valence-electron chi connectivity index (χ4n) is 3.66. The molecule has 0 bridgehead atoms. The average molecular weight is 503 g/mol. The van der Waals surface area contributed by atoms with Gasteiger partial charge in [0.25, 0.3) is 0 Å². The summed E-state index contributed by atoms with van der Waals surface area (Å²) in [5.74, 6) is -0.701. The lowest BCUT2D eigenvalue weighted by Crippen LogP contribution is -2.53. The van der Waals surface area contributed by atoms with Crippen LogP contribution in [0.2, 0.25) is 0 Å². The van der Waals surface area contributed by atoms with Gasteiger partial charge in [-0.05, 0) is 56.4 Å². The van der Waals surface area contributed by atoms with Crippen LogP contribution in [-0.4, -0.2) is 69.2 Å². The fourth-order valence-corrected chi connectivity index (χ4v) is 4.77. The van der Waals surface area contributed by atoms with Crippen molar-refractivity contribution in [2.75, 3.05) is 38.0 Å². The second-order valence-electron chi connectivity index (χ2n) is 8.88. The molecule has 2 aromatic carbocycles. The Morgan fingerprint density at radius 3 is 2.29 bits per heavy atom. The average Bonchev–Trinajstić information content (AvgIpc) is 2.83. The third kappa shape index (κ3) is 7.53. The number of nitrogens with one attached hydrogen (secondary N) is 1. The lowest BCUT2D eigenvalue weighted by molar-refractivity contribution is -0.138. The van der Waals surface area contributed by atoms with E-state index >= 15 is 0 Å². The molecule has 8 nitrogen and oxygen atoms in total. The number of carbonyl (C=O) groups excluding carboxylic acids is 2. The molecule has 35 heavy (non-hydrogen) atoms. The predicted octanol–water partition coefficient (Wildman–Crippen LogP) is 2.90. The van der Waals surface area contributed by atoms with Gasteiger partial charge in [-0.15, -0.1) is 0 Å². The second-order valence-corrected chi connectivity index (χ2v) is 10.9. The first-order chi connectivity index (χ1) is 16.5. The van der Waals surface area contributed by atoms with Crippen LogP contribution in [0.15, 0.2) is 48.5 Å². The van der Waals surface area contributed by atoms with Crippen molar-refractivity contribution in [1.29, 1.82) is 0 Å². The normalized spacial score (nSPS) is 12.3. The van der Waals surface area contributed by atoms with Gasteiger partial charge in [-0.3, -0.25) is 9.59 Å². The molecular formula is C26H38N4O4S. The number of hydrogen-bond donors (Lipinski definition) is 1. The van der Waals surface area contributed by atoms with Crippen LogP contribution in [0.25, 0.3) is 0 Å². The van der Waals surface area contributed by atoms with Gasteiger partial charge in [0.15, 0.2) is 0 Å². The van der Waals surface area contributed by atoms with E-state index in [1.54, 1.807) is 13.0 Å². The van der Waals surface area contributed by atoms with E-state index in [1.165, 1.54) is 19.0 Å². The monoisotopic (exact) mass is 502 g/mol. The first-order valence-electron chi connectivity index (χ1n) is 11.9. The van der Waals surface area contributed by atoms with Gasteiger partial charge in [-0.2, -0.15) is 12.7 Å². The molecule has 9 heteroatoms. The van der Waals surface area contributed by atoms with E-state index in [1.807, 2.05) is 63.2 Å². The largest absolute Gasteiger partial charge is 0.354 e. The lowest BCUT2D eigenvalue weighted by atomic mass is 10.1. The van der Waals surface area contributed by atoms with Crippen LogP contribution in [0.4, 0.5) is 5.69 Å². The molecule has 1 atom stereocenters. The topological polar surface area (TPSA) is 90.0 Å². The fraction of sp³-hybridized carbons (Fsp3) is 0.462. The standard InChI is InChI=1S/C26H38N4O4S/c1-7-16-27-26(32)22(4)29(17-15-23-11-9-8-10-12-23)25(31)19-30(35(33,34)28(5)6)24-18-20(2)13-14-21(24)3/h8-14,18,22H,7,15-17,19H2,1-6H3,(H,27,32)/t22-/m0/s1. The summed E-state index contributed by atoms with van der Waals surface area (Å²) in [4.78, 5) is 27.9. The van der Waals surface area contributed by atoms with Gasteiger partial charge in [-0.25, -0.2) is 4.31 Å². The zero-order valence-electron chi connectivity index (χ0n) is 21.6. The van der Waals surface area contributed by atoms with Gasteiger partial charge in [0.1, 0.15) is 12.6 Å². The highest BCUT2D eigenvalue weighted by Crippen LogP contribution is 2.25. The van der Waals surface area contributed by atoms with Gasteiger partial charge in [-0.1, -0.05) is 49.4 Å². The quantitative estimate of drug-likeness (QED) is 0.483. The molecule has 0 fully saturated rings. The van der Waals surface area contributed by atoms with E-state index in [0.717, 1.165) is 31.7 Å². The maximum Gasteiger partial charge on any atom is 0.304 e. The molecule has 192 valence electrons. The summed E-state index contributed by atoms with van der Waals surface area (Å²) in [6.45, 7) is 7.70. The number of anilines is 1. The van der Waals surface area contributed by atoms with Crippen molar-refractivity contribution in [3.63, 3.8) is 0 Å². The zero-order valence-corrected chi connectivity index (χ0v) is 22.4. The van der Waals surface area contributed by atoms with E-state index in [0.29, 0.717) is 18.7 Å². The van der Waals surface area contributed by atoms with Gasteiger partial charge in [0.05, 0.1) is 5.69 Å². The molecule has 2 amide bonds. The van der Waals surface area contributed by atoms with Crippen LogP contribution >= 0.6 is 0 Å². The minimum atomic E-state index is -3.97. The highest BCUT2D eigenvalue weighted by atomic mass is 32.2. The van der Waals surface area contributed by atoms with Crippen LogP contribution in [-0.2, 0) is 26.2 Å². The smallest absolute Gasteiger partial charge is 0.304 e. The Morgan fingerprint density at radius 1 is 1.03 bits per heavy atom. The van der Waals surface area contributed by atoms with Crippen molar-refractivity contribution in [3.8, 4) is 0 Å². The number of carbonyl (C=O) groups is 2. The van der Waals surface area contributed by atoms with Crippen LogP contribution in [0.3, 0.4) is 0 Å².